The first-order valence-electron chi connectivity index (χ1n) is 8.95. The van der Waals surface area contributed by atoms with E-state index in [1.165, 1.54) is 6.07 Å². The molecule has 5 nitrogen and oxygen atoms in total. The lowest BCUT2D eigenvalue weighted by Crippen LogP contribution is -2.47. The molecule has 2 N–H and O–H groups in total. The van der Waals surface area contributed by atoms with Gasteiger partial charge in [0.05, 0.1) is 6.54 Å². The Kier molecular flexibility index (Phi) is 11.1. The minimum atomic E-state index is -0.765. The van der Waals surface area contributed by atoms with Gasteiger partial charge in [-0.05, 0) is 31.4 Å². The fourth-order valence-corrected chi connectivity index (χ4v) is 4.41. The Morgan fingerprint density at radius 1 is 1.37 bits per heavy atom. The van der Waals surface area contributed by atoms with Crippen molar-refractivity contribution in [3.05, 3.63) is 29.8 Å². The van der Waals surface area contributed by atoms with Gasteiger partial charge in [0, 0.05) is 41.0 Å². The molecule has 3 atom stereocenters. The number of nitrogens with one attached hydrogen (secondary N) is 2. The number of ether oxygens (including phenoxy) is 1. The van der Waals surface area contributed by atoms with Crippen molar-refractivity contribution in [2.75, 3.05) is 26.0 Å². The first-order valence-corrected chi connectivity index (χ1v) is 10.3. The van der Waals surface area contributed by atoms with E-state index < -0.39 is 22.4 Å². The Bertz CT molecular complexity index is 649. The van der Waals surface area contributed by atoms with Gasteiger partial charge in [0.15, 0.2) is 17.5 Å². The van der Waals surface area contributed by atoms with Gasteiger partial charge in [-0.15, -0.1) is 24.0 Å². The molecule has 0 spiro atoms. The van der Waals surface area contributed by atoms with Crippen LogP contribution in [0, 0.1) is 11.6 Å². The second-order valence-corrected chi connectivity index (χ2v) is 8.23. The molecule has 9 heteroatoms. The third-order valence-electron chi connectivity index (χ3n) is 4.39. The van der Waals surface area contributed by atoms with Crippen LogP contribution in [0.1, 0.15) is 32.6 Å². The van der Waals surface area contributed by atoms with Crippen LogP contribution >= 0.6 is 24.0 Å². The average Bonchev–Trinajstić information content (AvgIpc) is 2.65. The van der Waals surface area contributed by atoms with Crippen LogP contribution < -0.4 is 15.4 Å². The van der Waals surface area contributed by atoms with Gasteiger partial charge in [0.2, 0.25) is 0 Å². The van der Waals surface area contributed by atoms with Crippen LogP contribution in [0.5, 0.6) is 5.75 Å². The molecule has 1 saturated carbocycles. The molecule has 0 radical (unpaired) electrons. The van der Waals surface area contributed by atoms with Gasteiger partial charge in [-0.1, -0.05) is 13.3 Å². The molecule has 0 saturated heterocycles. The van der Waals surface area contributed by atoms with Crippen LogP contribution in [0.4, 0.5) is 8.78 Å². The van der Waals surface area contributed by atoms with Crippen molar-refractivity contribution in [3.8, 4) is 5.75 Å². The van der Waals surface area contributed by atoms with Crippen molar-refractivity contribution >= 4 is 40.7 Å². The molecule has 3 unspecified atom stereocenters. The van der Waals surface area contributed by atoms with Gasteiger partial charge in [-0.2, -0.15) is 0 Å². The average molecular weight is 515 g/mol. The molecule has 1 aromatic rings. The predicted octanol–water partition coefficient (Wildman–Crippen LogP) is 3.21. The second kappa shape index (κ2) is 12.5. The smallest absolute Gasteiger partial charge is 0.191 e. The topological polar surface area (TPSA) is 62.7 Å². The van der Waals surface area contributed by atoms with Crippen molar-refractivity contribution in [3.63, 3.8) is 0 Å². The highest BCUT2D eigenvalue weighted by atomic mass is 127. The summed E-state index contributed by atoms with van der Waals surface area (Å²) in [5.41, 5.74) is 0. The maximum atomic E-state index is 13.5. The molecule has 0 heterocycles. The zero-order chi connectivity index (χ0) is 18.9. The van der Waals surface area contributed by atoms with Crippen LogP contribution in [0.25, 0.3) is 0 Å². The maximum absolute atomic E-state index is 13.5. The minimum Gasteiger partial charge on any atom is -0.489 e. The van der Waals surface area contributed by atoms with Crippen molar-refractivity contribution in [1.82, 2.24) is 10.6 Å². The molecule has 1 aliphatic rings. The lowest BCUT2D eigenvalue weighted by molar-refractivity contribution is 0.304. The molecule has 2 rings (SSSR count). The number of aliphatic imine (C=N–C) groups is 1. The fourth-order valence-electron chi connectivity index (χ4n) is 3.06. The quantitative estimate of drug-likeness (QED) is 0.254. The Labute approximate surface area is 179 Å². The summed E-state index contributed by atoms with van der Waals surface area (Å²) in [5.74, 6) is 0.00762. The largest absolute Gasteiger partial charge is 0.489 e. The molecule has 1 aliphatic carbocycles. The molecule has 27 heavy (non-hydrogen) atoms. The Hall–Kier alpha value is -0.970. The molecular weight excluding hydrogens is 487 g/mol. The maximum Gasteiger partial charge on any atom is 0.191 e. The zero-order valence-electron chi connectivity index (χ0n) is 15.7. The summed E-state index contributed by atoms with van der Waals surface area (Å²) in [5, 5.41) is 6.72. The summed E-state index contributed by atoms with van der Waals surface area (Å²) in [7, 11) is 0.916. The first kappa shape index (κ1) is 24.1. The normalized spacial score (nSPS) is 21.1. The van der Waals surface area contributed by atoms with E-state index in [0.29, 0.717) is 18.3 Å². The molecular formula is C18H28F2IN3O2S. The third kappa shape index (κ3) is 7.89. The van der Waals surface area contributed by atoms with E-state index in [9.17, 15) is 13.0 Å². The lowest BCUT2D eigenvalue weighted by Gasteiger charge is -2.30. The molecule has 154 valence electrons. The molecule has 1 aromatic carbocycles. The van der Waals surface area contributed by atoms with E-state index in [2.05, 4.69) is 15.6 Å². The summed E-state index contributed by atoms with van der Waals surface area (Å²) in [4.78, 5) is 4.19. The molecule has 1 fully saturated rings. The Morgan fingerprint density at radius 3 is 2.81 bits per heavy atom. The second-order valence-electron chi connectivity index (χ2n) is 6.22. The number of nitrogens with zero attached hydrogens (tertiary/aromatic N) is 1. The van der Waals surface area contributed by atoms with Crippen LogP contribution in [-0.4, -0.2) is 47.4 Å². The van der Waals surface area contributed by atoms with Gasteiger partial charge >= 0.3 is 0 Å². The van der Waals surface area contributed by atoms with E-state index in [4.69, 9.17) is 4.74 Å². The van der Waals surface area contributed by atoms with Gasteiger partial charge in [0.25, 0.3) is 0 Å². The van der Waals surface area contributed by atoms with Crippen LogP contribution in [-0.2, 0) is 10.8 Å². The van der Waals surface area contributed by atoms with Gasteiger partial charge in [-0.25, -0.2) is 8.78 Å². The number of hydrogen-bond acceptors (Lipinski definition) is 3. The van der Waals surface area contributed by atoms with Crippen molar-refractivity contribution in [2.24, 2.45) is 4.99 Å². The first-order chi connectivity index (χ1) is 12.5. The van der Waals surface area contributed by atoms with E-state index in [-0.39, 0.29) is 47.6 Å². The van der Waals surface area contributed by atoms with Crippen LogP contribution in [0.2, 0.25) is 0 Å². The van der Waals surface area contributed by atoms with E-state index in [1.54, 1.807) is 7.05 Å². The molecule has 0 bridgehead atoms. The summed E-state index contributed by atoms with van der Waals surface area (Å²) in [6.07, 6.45) is 3.97. The van der Waals surface area contributed by atoms with Crippen molar-refractivity contribution in [1.29, 1.82) is 0 Å². The van der Waals surface area contributed by atoms with E-state index in [1.807, 2.05) is 6.92 Å². The number of benzene rings is 1. The Morgan fingerprint density at radius 2 is 2.15 bits per heavy atom. The van der Waals surface area contributed by atoms with Crippen molar-refractivity contribution < 1.29 is 17.7 Å². The molecule has 0 aromatic heterocycles. The minimum absolute atomic E-state index is 0. The van der Waals surface area contributed by atoms with Gasteiger partial charge < -0.3 is 15.4 Å². The number of halogens is 3. The van der Waals surface area contributed by atoms with Gasteiger partial charge in [-0.3, -0.25) is 9.20 Å². The number of hydrogen-bond donors (Lipinski definition) is 2. The van der Waals surface area contributed by atoms with E-state index >= 15 is 0 Å². The summed E-state index contributed by atoms with van der Waals surface area (Å²) < 4.78 is 43.7. The third-order valence-corrected chi connectivity index (χ3v) is 6.13. The summed E-state index contributed by atoms with van der Waals surface area (Å²) >= 11 is 0. The highest BCUT2D eigenvalue weighted by Crippen LogP contribution is 2.23. The van der Waals surface area contributed by atoms with Crippen LogP contribution in [0.3, 0.4) is 0 Å². The van der Waals surface area contributed by atoms with Gasteiger partial charge in [0.1, 0.15) is 12.4 Å². The highest BCUT2D eigenvalue weighted by molar-refractivity contribution is 14.0. The molecule has 0 amide bonds. The zero-order valence-corrected chi connectivity index (χ0v) is 18.8. The monoisotopic (exact) mass is 515 g/mol. The summed E-state index contributed by atoms with van der Waals surface area (Å²) in [6, 6.07) is 3.47. The Balaban J connectivity index is 0.00000364. The highest BCUT2D eigenvalue weighted by Gasteiger charge is 2.25. The van der Waals surface area contributed by atoms with Crippen molar-refractivity contribution in [2.45, 2.75) is 43.9 Å². The summed E-state index contributed by atoms with van der Waals surface area (Å²) in [6.45, 7) is 2.60. The lowest BCUT2D eigenvalue weighted by atomic mass is 9.95. The van der Waals surface area contributed by atoms with E-state index in [0.717, 1.165) is 37.8 Å². The SMILES string of the molecule is CCS(=O)C1CCCC(NC(=NC)NCCOc2ccc(F)cc2F)C1.I. The number of guanidine groups is 1. The fraction of sp³-hybridized carbons (Fsp3) is 0.611. The number of rotatable bonds is 7. The predicted molar refractivity (Wildman–Crippen MR) is 116 cm³/mol. The van der Waals surface area contributed by atoms with Crippen LogP contribution in [0.15, 0.2) is 23.2 Å². The standard InChI is InChI=1S/C18H27F2N3O2S.HI/c1-3-26(24)15-6-4-5-14(12-15)23-18(21-2)22-9-10-25-17-8-7-13(19)11-16(17)20;/h7-8,11,14-15H,3-6,9-10,12H2,1-2H3,(H2,21,22,23);1H. The molecule has 0 aliphatic heterocycles.